The lowest BCUT2D eigenvalue weighted by molar-refractivity contribution is -0.133. The second kappa shape index (κ2) is 8.85. The molecule has 166 valence electrons. The van der Waals surface area contributed by atoms with Crippen molar-refractivity contribution in [1.29, 1.82) is 0 Å². The Bertz CT molecular complexity index is 771. The van der Waals surface area contributed by atoms with Gasteiger partial charge in [0.15, 0.2) is 0 Å². The number of thiazole rings is 1. The van der Waals surface area contributed by atoms with Crippen molar-refractivity contribution >= 4 is 23.3 Å². The summed E-state index contributed by atoms with van der Waals surface area (Å²) in [4.78, 5) is 35.1. The summed E-state index contributed by atoms with van der Waals surface area (Å²) >= 11 is 1.79. The van der Waals surface area contributed by atoms with Crippen LogP contribution in [0.4, 0.5) is 4.79 Å². The molecule has 2 amide bonds. The van der Waals surface area contributed by atoms with Crippen LogP contribution in [0.3, 0.4) is 0 Å². The molecule has 0 bridgehead atoms. The number of amides is 2. The lowest BCUT2D eigenvalue weighted by Gasteiger charge is -2.32. The van der Waals surface area contributed by atoms with Crippen LogP contribution < -0.4 is 0 Å². The van der Waals surface area contributed by atoms with Crippen LogP contribution in [0.1, 0.15) is 87.2 Å². The lowest BCUT2D eigenvalue weighted by Crippen LogP contribution is -2.41. The molecule has 0 unspecified atom stereocenters. The minimum atomic E-state index is -0.455. The monoisotopic (exact) mass is 433 g/mol. The quantitative estimate of drug-likeness (QED) is 0.692. The van der Waals surface area contributed by atoms with Gasteiger partial charge in [-0.2, -0.15) is 0 Å². The van der Waals surface area contributed by atoms with E-state index in [0.29, 0.717) is 17.7 Å². The van der Waals surface area contributed by atoms with Gasteiger partial charge in [0.25, 0.3) is 0 Å². The molecule has 1 aromatic rings. The van der Waals surface area contributed by atoms with E-state index in [9.17, 15) is 9.59 Å². The molecule has 1 saturated heterocycles. The molecule has 6 nitrogen and oxygen atoms in total. The molecule has 2 aliphatic heterocycles. The van der Waals surface area contributed by atoms with Crippen molar-refractivity contribution in [2.24, 2.45) is 5.92 Å². The van der Waals surface area contributed by atoms with E-state index in [2.05, 4.69) is 0 Å². The molecule has 1 aliphatic carbocycles. The highest BCUT2D eigenvalue weighted by atomic mass is 32.1. The van der Waals surface area contributed by atoms with Gasteiger partial charge in [-0.05, 0) is 52.4 Å². The van der Waals surface area contributed by atoms with Crippen molar-refractivity contribution in [2.45, 2.75) is 90.2 Å². The number of carbonyl (C=O) groups excluding carboxylic acids is 2. The fourth-order valence-electron chi connectivity index (χ4n) is 4.83. The molecule has 1 saturated carbocycles. The van der Waals surface area contributed by atoms with Crippen molar-refractivity contribution in [2.75, 3.05) is 19.6 Å². The smallest absolute Gasteiger partial charge is 0.410 e. The average Bonchev–Trinajstić information content (AvgIpc) is 3.35. The van der Waals surface area contributed by atoms with Crippen molar-refractivity contribution in [1.82, 2.24) is 14.8 Å². The van der Waals surface area contributed by atoms with Crippen molar-refractivity contribution in [3.63, 3.8) is 0 Å². The molecule has 0 radical (unpaired) electrons. The van der Waals surface area contributed by atoms with Gasteiger partial charge >= 0.3 is 6.09 Å². The number of carbonyl (C=O) groups is 2. The third kappa shape index (κ3) is 5.16. The first-order chi connectivity index (χ1) is 14.3. The zero-order valence-corrected chi connectivity index (χ0v) is 19.4. The standard InChI is InChI=1S/C23H35N3O3S/c1-23(2,3)29-22(28)25-11-8-17(9-12-25)21-24-18-10-13-26(15-19(18)30-21)20(27)14-16-6-4-5-7-16/h16-17H,4-15H2,1-3H3. The predicted molar refractivity (Wildman–Crippen MR) is 118 cm³/mol. The van der Waals surface area contributed by atoms with Crippen LogP contribution in [0.25, 0.3) is 0 Å². The minimum absolute atomic E-state index is 0.212. The normalized spacial score (nSPS) is 21.0. The third-order valence-electron chi connectivity index (χ3n) is 6.53. The second-order valence-electron chi connectivity index (χ2n) is 10.1. The second-order valence-corrected chi connectivity index (χ2v) is 11.2. The summed E-state index contributed by atoms with van der Waals surface area (Å²) in [6, 6.07) is 0. The van der Waals surface area contributed by atoms with Crippen LogP contribution in [0, 0.1) is 5.92 Å². The van der Waals surface area contributed by atoms with E-state index in [1.165, 1.54) is 41.3 Å². The largest absolute Gasteiger partial charge is 0.444 e. The molecule has 2 fully saturated rings. The Hall–Kier alpha value is -1.63. The van der Waals surface area contributed by atoms with E-state index in [1.807, 2.05) is 30.6 Å². The molecular weight excluding hydrogens is 398 g/mol. The Morgan fingerprint density at radius 1 is 1.07 bits per heavy atom. The van der Waals surface area contributed by atoms with Gasteiger partial charge in [0.2, 0.25) is 5.91 Å². The maximum Gasteiger partial charge on any atom is 0.410 e. The van der Waals surface area contributed by atoms with Crippen molar-refractivity contribution in [3.8, 4) is 0 Å². The molecule has 0 N–H and O–H groups in total. The van der Waals surface area contributed by atoms with E-state index in [1.54, 1.807) is 11.3 Å². The fourth-order valence-corrected chi connectivity index (χ4v) is 6.13. The first kappa shape index (κ1) is 21.6. The van der Waals surface area contributed by atoms with Gasteiger partial charge in [-0.15, -0.1) is 11.3 Å². The number of rotatable bonds is 3. The summed E-state index contributed by atoms with van der Waals surface area (Å²) < 4.78 is 5.50. The first-order valence-electron chi connectivity index (χ1n) is 11.5. The third-order valence-corrected chi connectivity index (χ3v) is 7.78. The number of hydrogen-bond donors (Lipinski definition) is 0. The molecule has 3 aliphatic rings. The summed E-state index contributed by atoms with van der Waals surface area (Å²) in [5.74, 6) is 1.33. The zero-order chi connectivity index (χ0) is 21.3. The van der Waals surface area contributed by atoms with Crippen molar-refractivity contribution in [3.05, 3.63) is 15.6 Å². The molecule has 3 heterocycles. The number of fused-ring (bicyclic) bond motifs is 1. The van der Waals surface area contributed by atoms with Gasteiger partial charge in [0.1, 0.15) is 5.60 Å². The van der Waals surface area contributed by atoms with E-state index in [4.69, 9.17) is 9.72 Å². The molecular formula is C23H35N3O3S. The Balaban J connectivity index is 1.31. The Morgan fingerprint density at radius 2 is 1.77 bits per heavy atom. The van der Waals surface area contributed by atoms with E-state index in [-0.39, 0.29) is 6.09 Å². The maximum atomic E-state index is 12.7. The van der Waals surface area contributed by atoms with Crippen LogP contribution in [0.2, 0.25) is 0 Å². The number of aromatic nitrogens is 1. The summed E-state index contributed by atoms with van der Waals surface area (Å²) in [7, 11) is 0. The number of piperidine rings is 1. The van der Waals surface area contributed by atoms with Crippen LogP contribution in [-0.2, 0) is 22.5 Å². The van der Waals surface area contributed by atoms with Gasteiger partial charge in [-0.3, -0.25) is 4.79 Å². The van der Waals surface area contributed by atoms with Gasteiger partial charge < -0.3 is 14.5 Å². The average molecular weight is 434 g/mol. The highest BCUT2D eigenvalue weighted by Gasteiger charge is 2.31. The molecule has 0 spiro atoms. The van der Waals surface area contributed by atoms with E-state index < -0.39 is 5.60 Å². The van der Waals surface area contributed by atoms with Crippen LogP contribution in [0.15, 0.2) is 0 Å². The first-order valence-corrected chi connectivity index (χ1v) is 12.3. The van der Waals surface area contributed by atoms with Crippen LogP contribution in [0.5, 0.6) is 0 Å². The summed E-state index contributed by atoms with van der Waals surface area (Å²) in [6.07, 6.45) is 8.25. The molecule has 4 rings (SSSR count). The number of hydrogen-bond acceptors (Lipinski definition) is 5. The fraction of sp³-hybridized carbons (Fsp3) is 0.783. The van der Waals surface area contributed by atoms with Gasteiger partial charge in [-0.1, -0.05) is 12.8 Å². The lowest BCUT2D eigenvalue weighted by atomic mass is 9.98. The molecule has 1 aromatic heterocycles. The summed E-state index contributed by atoms with van der Waals surface area (Å²) in [6.45, 7) is 8.68. The van der Waals surface area contributed by atoms with Gasteiger partial charge in [-0.25, -0.2) is 9.78 Å². The number of ether oxygens (including phenoxy) is 1. The Kier molecular flexibility index (Phi) is 6.37. The zero-order valence-electron chi connectivity index (χ0n) is 18.6. The topological polar surface area (TPSA) is 62.7 Å². The summed E-state index contributed by atoms with van der Waals surface area (Å²) in [5, 5.41) is 1.19. The predicted octanol–water partition coefficient (Wildman–Crippen LogP) is 4.72. The number of nitrogens with zero attached hydrogens (tertiary/aromatic N) is 3. The molecule has 30 heavy (non-hydrogen) atoms. The molecule has 0 atom stereocenters. The minimum Gasteiger partial charge on any atom is -0.444 e. The SMILES string of the molecule is CC(C)(C)OC(=O)N1CCC(c2nc3c(s2)CN(C(=O)CC2CCCC2)CC3)CC1. The van der Waals surface area contributed by atoms with Crippen molar-refractivity contribution < 1.29 is 14.3 Å². The van der Waals surface area contributed by atoms with Gasteiger partial charge in [0.05, 0.1) is 17.2 Å². The van der Waals surface area contributed by atoms with E-state index >= 15 is 0 Å². The van der Waals surface area contributed by atoms with Crippen LogP contribution in [-0.4, -0.2) is 52.0 Å². The van der Waals surface area contributed by atoms with Gasteiger partial charge in [0, 0.05) is 43.3 Å². The Labute approximate surface area is 184 Å². The van der Waals surface area contributed by atoms with Crippen LogP contribution >= 0.6 is 11.3 Å². The molecule has 7 heteroatoms. The highest BCUT2D eigenvalue weighted by molar-refractivity contribution is 7.11. The number of likely N-dealkylation sites (tertiary alicyclic amines) is 1. The van der Waals surface area contributed by atoms with E-state index in [0.717, 1.165) is 51.9 Å². The highest BCUT2D eigenvalue weighted by Crippen LogP contribution is 2.36. The Morgan fingerprint density at radius 3 is 2.43 bits per heavy atom. The maximum absolute atomic E-state index is 12.7. The summed E-state index contributed by atoms with van der Waals surface area (Å²) in [5.41, 5.74) is 0.734. The molecule has 0 aromatic carbocycles.